The molecule has 1 unspecified atom stereocenters. The van der Waals surface area contributed by atoms with Crippen LogP contribution in [0.15, 0.2) is 55.1 Å². The van der Waals surface area contributed by atoms with Gasteiger partial charge in [-0.05, 0) is 49.2 Å². The van der Waals surface area contributed by atoms with Crippen molar-refractivity contribution in [1.29, 1.82) is 0 Å². The van der Waals surface area contributed by atoms with Crippen molar-refractivity contribution in [2.24, 2.45) is 0 Å². The van der Waals surface area contributed by atoms with E-state index >= 15 is 0 Å². The highest BCUT2D eigenvalue weighted by molar-refractivity contribution is 5.91. The molecule has 2 N–H and O–H groups in total. The first kappa shape index (κ1) is 17.9. The van der Waals surface area contributed by atoms with Crippen molar-refractivity contribution in [3.8, 4) is 11.3 Å². The van der Waals surface area contributed by atoms with E-state index in [-0.39, 0.29) is 11.7 Å². The predicted molar refractivity (Wildman–Crippen MR) is 105 cm³/mol. The highest BCUT2D eigenvalue weighted by Gasteiger charge is 2.16. The summed E-state index contributed by atoms with van der Waals surface area (Å²) in [5.41, 5.74) is 4.20. The molecule has 0 saturated carbocycles. The molecule has 0 aliphatic carbocycles. The van der Waals surface area contributed by atoms with Crippen molar-refractivity contribution in [3.63, 3.8) is 0 Å². The normalized spacial score (nSPS) is 12.2. The number of aromatic nitrogens is 4. The summed E-state index contributed by atoms with van der Waals surface area (Å²) in [4.78, 5) is 19.5. The lowest BCUT2D eigenvalue weighted by Gasteiger charge is -2.12. The standard InChI is InChI=1S/C21H20FN5O/c1-13-17-9-15(10-24-21(28)14(2)27-12-23-11-25-27)7-8-19(17)26-20(13)16-5-3-4-6-18(16)22/h3-9,11-12,14,26H,10H2,1-2H3,(H,24,28). The van der Waals surface area contributed by atoms with Crippen molar-refractivity contribution in [3.05, 3.63) is 72.1 Å². The van der Waals surface area contributed by atoms with Crippen LogP contribution in [0.2, 0.25) is 0 Å². The van der Waals surface area contributed by atoms with Crippen LogP contribution in [0.1, 0.15) is 24.1 Å². The van der Waals surface area contributed by atoms with Gasteiger partial charge < -0.3 is 10.3 Å². The van der Waals surface area contributed by atoms with Crippen molar-refractivity contribution in [2.45, 2.75) is 26.4 Å². The Bertz CT molecular complexity index is 1130. The van der Waals surface area contributed by atoms with Gasteiger partial charge in [-0.2, -0.15) is 5.10 Å². The molecule has 2 heterocycles. The highest BCUT2D eigenvalue weighted by atomic mass is 19.1. The number of benzene rings is 2. The quantitative estimate of drug-likeness (QED) is 0.556. The number of aryl methyl sites for hydroxylation is 1. The molecule has 0 bridgehead atoms. The summed E-state index contributed by atoms with van der Waals surface area (Å²) in [6.07, 6.45) is 2.92. The third kappa shape index (κ3) is 3.26. The molecule has 142 valence electrons. The summed E-state index contributed by atoms with van der Waals surface area (Å²) >= 11 is 0. The molecule has 1 atom stereocenters. The first-order chi connectivity index (χ1) is 13.5. The number of hydrogen-bond donors (Lipinski definition) is 2. The van der Waals surface area contributed by atoms with Crippen molar-refractivity contribution in [2.75, 3.05) is 0 Å². The van der Waals surface area contributed by atoms with Gasteiger partial charge in [0.2, 0.25) is 5.91 Å². The summed E-state index contributed by atoms with van der Waals surface area (Å²) in [5.74, 6) is -0.393. The maximum absolute atomic E-state index is 14.2. The van der Waals surface area contributed by atoms with E-state index in [0.717, 1.165) is 27.7 Å². The molecule has 0 aliphatic heterocycles. The maximum Gasteiger partial charge on any atom is 0.244 e. The van der Waals surface area contributed by atoms with E-state index in [0.29, 0.717) is 12.1 Å². The predicted octanol–water partition coefficient (Wildman–Crippen LogP) is 3.75. The molecule has 0 saturated heterocycles. The SMILES string of the molecule is Cc1c(-c2ccccc2F)[nH]c2ccc(CNC(=O)C(C)n3cncn3)cc12. The Kier molecular flexibility index (Phi) is 4.65. The van der Waals surface area contributed by atoms with Gasteiger partial charge in [0.15, 0.2) is 0 Å². The average molecular weight is 377 g/mol. The molecule has 28 heavy (non-hydrogen) atoms. The molecule has 0 aliphatic rings. The Labute approximate surface area is 161 Å². The lowest BCUT2D eigenvalue weighted by atomic mass is 10.0. The number of carbonyl (C=O) groups excluding carboxylic acids is 1. The van der Waals surface area contributed by atoms with Crippen LogP contribution in [0, 0.1) is 12.7 Å². The molecular formula is C21H20FN5O. The van der Waals surface area contributed by atoms with Crippen LogP contribution in [-0.4, -0.2) is 25.7 Å². The number of aromatic amines is 1. The highest BCUT2D eigenvalue weighted by Crippen LogP contribution is 2.31. The summed E-state index contributed by atoms with van der Waals surface area (Å²) < 4.78 is 15.7. The molecular weight excluding hydrogens is 357 g/mol. The minimum Gasteiger partial charge on any atom is -0.354 e. The van der Waals surface area contributed by atoms with Crippen molar-refractivity contribution >= 4 is 16.8 Å². The Morgan fingerprint density at radius 1 is 1.29 bits per heavy atom. The third-order valence-electron chi connectivity index (χ3n) is 4.95. The number of hydrogen-bond acceptors (Lipinski definition) is 3. The molecule has 2 aromatic heterocycles. The van der Waals surface area contributed by atoms with E-state index < -0.39 is 6.04 Å². The summed E-state index contributed by atoms with van der Waals surface area (Å²) in [6.45, 7) is 4.13. The minimum absolute atomic E-state index is 0.136. The molecule has 0 radical (unpaired) electrons. The van der Waals surface area contributed by atoms with E-state index in [1.54, 1.807) is 19.1 Å². The van der Waals surface area contributed by atoms with E-state index in [2.05, 4.69) is 20.4 Å². The molecule has 4 rings (SSSR count). The fourth-order valence-electron chi connectivity index (χ4n) is 3.29. The van der Waals surface area contributed by atoms with E-state index in [9.17, 15) is 9.18 Å². The molecule has 1 amide bonds. The first-order valence-electron chi connectivity index (χ1n) is 9.02. The monoisotopic (exact) mass is 377 g/mol. The van der Waals surface area contributed by atoms with Crippen molar-refractivity contribution < 1.29 is 9.18 Å². The topological polar surface area (TPSA) is 75.6 Å². The van der Waals surface area contributed by atoms with Crippen molar-refractivity contribution in [1.82, 2.24) is 25.1 Å². The smallest absolute Gasteiger partial charge is 0.244 e. The zero-order chi connectivity index (χ0) is 19.7. The van der Waals surface area contributed by atoms with Gasteiger partial charge in [-0.25, -0.2) is 14.1 Å². The van der Waals surface area contributed by atoms with E-state index in [1.165, 1.54) is 23.4 Å². The number of rotatable bonds is 5. The molecule has 7 heteroatoms. The summed E-state index contributed by atoms with van der Waals surface area (Å²) in [7, 11) is 0. The Balaban J connectivity index is 1.56. The number of nitrogens with zero attached hydrogens (tertiary/aromatic N) is 3. The summed E-state index contributed by atoms with van der Waals surface area (Å²) in [5, 5.41) is 7.92. The second kappa shape index (κ2) is 7.26. The van der Waals surface area contributed by atoms with Gasteiger partial charge in [-0.1, -0.05) is 18.2 Å². The lowest BCUT2D eigenvalue weighted by molar-refractivity contribution is -0.124. The number of carbonyl (C=O) groups is 1. The van der Waals surface area contributed by atoms with Crippen LogP contribution in [0.4, 0.5) is 4.39 Å². The van der Waals surface area contributed by atoms with Gasteiger partial charge >= 0.3 is 0 Å². The third-order valence-corrected chi connectivity index (χ3v) is 4.95. The molecule has 0 fully saturated rings. The van der Waals surface area contributed by atoms with Gasteiger partial charge in [-0.3, -0.25) is 4.79 Å². The fraction of sp³-hybridized carbons (Fsp3) is 0.190. The number of H-pyrrole nitrogens is 1. The van der Waals surface area contributed by atoms with Crippen LogP contribution in [0.3, 0.4) is 0 Å². The zero-order valence-corrected chi connectivity index (χ0v) is 15.6. The van der Waals surface area contributed by atoms with Crippen LogP contribution in [0.25, 0.3) is 22.2 Å². The number of nitrogens with one attached hydrogen (secondary N) is 2. The Morgan fingerprint density at radius 2 is 2.11 bits per heavy atom. The maximum atomic E-state index is 14.2. The van der Waals surface area contributed by atoms with E-state index in [4.69, 9.17) is 0 Å². The molecule has 6 nitrogen and oxygen atoms in total. The van der Waals surface area contributed by atoms with Crippen LogP contribution >= 0.6 is 0 Å². The number of halogens is 1. The van der Waals surface area contributed by atoms with Gasteiger partial charge in [0, 0.05) is 23.0 Å². The minimum atomic E-state index is -0.437. The average Bonchev–Trinajstić information content (AvgIpc) is 3.35. The molecule has 4 aromatic rings. The lowest BCUT2D eigenvalue weighted by Crippen LogP contribution is -2.30. The van der Waals surface area contributed by atoms with Gasteiger partial charge in [-0.15, -0.1) is 0 Å². The Hall–Kier alpha value is -3.48. The second-order valence-corrected chi connectivity index (χ2v) is 6.75. The van der Waals surface area contributed by atoms with E-state index in [1.807, 2.05) is 31.2 Å². The zero-order valence-electron chi connectivity index (χ0n) is 15.6. The van der Waals surface area contributed by atoms with Gasteiger partial charge in [0.1, 0.15) is 24.5 Å². The largest absolute Gasteiger partial charge is 0.354 e. The second-order valence-electron chi connectivity index (χ2n) is 6.75. The Morgan fingerprint density at radius 3 is 2.86 bits per heavy atom. The number of amides is 1. The van der Waals surface area contributed by atoms with Crippen LogP contribution in [-0.2, 0) is 11.3 Å². The summed E-state index contributed by atoms with van der Waals surface area (Å²) in [6, 6.07) is 12.2. The fourth-order valence-corrected chi connectivity index (χ4v) is 3.29. The number of fused-ring (bicyclic) bond motifs is 1. The first-order valence-corrected chi connectivity index (χ1v) is 9.02. The van der Waals surface area contributed by atoms with Gasteiger partial charge in [0.05, 0.1) is 5.69 Å². The van der Waals surface area contributed by atoms with Crippen LogP contribution in [0.5, 0.6) is 0 Å². The molecule has 0 spiro atoms. The van der Waals surface area contributed by atoms with Crippen LogP contribution < -0.4 is 5.32 Å². The molecule has 2 aromatic carbocycles. The van der Waals surface area contributed by atoms with Gasteiger partial charge in [0.25, 0.3) is 0 Å².